The number of benzene rings is 2. The molecule has 0 spiro atoms. The molecule has 0 heterocycles. The Kier molecular flexibility index (Phi) is 9.28. The Labute approximate surface area is 160 Å². The van der Waals surface area contributed by atoms with Crippen molar-refractivity contribution in [2.45, 2.75) is 20.1 Å². The van der Waals surface area contributed by atoms with E-state index in [9.17, 15) is 0 Å². The molecule has 0 radical (unpaired) electrons. The van der Waals surface area contributed by atoms with Gasteiger partial charge in [0.15, 0.2) is 11.5 Å². The first-order chi connectivity index (χ1) is 12.7. The lowest BCUT2D eigenvalue weighted by molar-refractivity contribution is 0.269. The van der Waals surface area contributed by atoms with Crippen molar-refractivity contribution in [3.05, 3.63) is 58.6 Å². The molecule has 2 aromatic carbocycles. The predicted molar refractivity (Wildman–Crippen MR) is 105 cm³/mol. The lowest BCUT2D eigenvalue weighted by Gasteiger charge is -2.14. The zero-order valence-corrected chi connectivity index (χ0v) is 15.9. The van der Waals surface area contributed by atoms with Crippen LogP contribution in [0.3, 0.4) is 0 Å². The molecular weight excluding hydrogens is 352 g/mol. The van der Waals surface area contributed by atoms with Crippen LogP contribution in [-0.4, -0.2) is 38.0 Å². The van der Waals surface area contributed by atoms with Crippen molar-refractivity contribution in [3.8, 4) is 11.5 Å². The van der Waals surface area contributed by atoms with Crippen molar-refractivity contribution in [1.29, 1.82) is 0 Å². The second-order valence-corrected chi connectivity index (χ2v) is 6.22. The van der Waals surface area contributed by atoms with Crippen LogP contribution in [0.15, 0.2) is 42.5 Å². The van der Waals surface area contributed by atoms with Crippen molar-refractivity contribution in [2.75, 3.05) is 32.8 Å². The number of nitrogens with one attached hydrogen (secondary N) is 2. The standard InChI is InChI=1S/C20H27ClN2O3/c1-2-25-20-13-16(14-23-9-8-22-10-11-24)6-7-19(20)26-15-17-4-3-5-18(21)12-17/h3-7,12-13,22-24H,2,8-11,14-15H2,1H3. The number of aliphatic hydroxyl groups excluding tert-OH is 1. The van der Waals surface area contributed by atoms with Crippen LogP contribution >= 0.6 is 11.6 Å². The Hall–Kier alpha value is -1.79. The molecule has 3 N–H and O–H groups in total. The second kappa shape index (κ2) is 11.8. The van der Waals surface area contributed by atoms with E-state index in [0.29, 0.717) is 24.8 Å². The normalized spacial score (nSPS) is 10.7. The lowest BCUT2D eigenvalue weighted by Crippen LogP contribution is -2.28. The Bertz CT molecular complexity index is 667. The van der Waals surface area contributed by atoms with Crippen molar-refractivity contribution in [3.63, 3.8) is 0 Å². The molecule has 0 unspecified atom stereocenters. The van der Waals surface area contributed by atoms with Gasteiger partial charge in [-0.15, -0.1) is 0 Å². The van der Waals surface area contributed by atoms with Crippen LogP contribution in [0.25, 0.3) is 0 Å². The molecule has 0 amide bonds. The van der Waals surface area contributed by atoms with E-state index in [1.165, 1.54) is 0 Å². The first-order valence-electron chi connectivity index (χ1n) is 8.88. The zero-order valence-electron chi connectivity index (χ0n) is 15.1. The maximum Gasteiger partial charge on any atom is 0.161 e. The van der Waals surface area contributed by atoms with Crippen LogP contribution in [0.5, 0.6) is 11.5 Å². The molecule has 0 aliphatic heterocycles. The van der Waals surface area contributed by atoms with Crippen LogP contribution < -0.4 is 20.1 Å². The summed E-state index contributed by atoms with van der Waals surface area (Å²) < 4.78 is 11.6. The highest BCUT2D eigenvalue weighted by Crippen LogP contribution is 2.29. The van der Waals surface area contributed by atoms with Crippen molar-refractivity contribution < 1.29 is 14.6 Å². The molecule has 5 nitrogen and oxygen atoms in total. The highest BCUT2D eigenvalue weighted by Gasteiger charge is 2.07. The van der Waals surface area contributed by atoms with Gasteiger partial charge in [-0.05, 0) is 42.3 Å². The summed E-state index contributed by atoms with van der Waals surface area (Å²) in [6.07, 6.45) is 0. The van der Waals surface area contributed by atoms with Crippen molar-refractivity contribution >= 4 is 11.6 Å². The van der Waals surface area contributed by atoms with E-state index in [-0.39, 0.29) is 6.61 Å². The molecule has 0 aromatic heterocycles. The maximum absolute atomic E-state index is 8.72. The Morgan fingerprint density at radius 2 is 1.77 bits per heavy atom. The van der Waals surface area contributed by atoms with E-state index in [2.05, 4.69) is 10.6 Å². The van der Waals surface area contributed by atoms with Gasteiger partial charge >= 0.3 is 0 Å². The fraction of sp³-hybridized carbons (Fsp3) is 0.400. The Morgan fingerprint density at radius 1 is 0.923 bits per heavy atom. The van der Waals surface area contributed by atoms with Crippen LogP contribution in [0.2, 0.25) is 5.02 Å². The maximum atomic E-state index is 8.72. The Morgan fingerprint density at radius 3 is 2.54 bits per heavy atom. The van der Waals surface area contributed by atoms with Gasteiger partial charge < -0.3 is 25.2 Å². The van der Waals surface area contributed by atoms with Crippen LogP contribution in [0.1, 0.15) is 18.1 Å². The molecule has 2 rings (SSSR count). The SMILES string of the molecule is CCOc1cc(CNCCNCCO)ccc1OCc1cccc(Cl)c1. The molecule has 0 aliphatic rings. The summed E-state index contributed by atoms with van der Waals surface area (Å²) in [5, 5.41) is 15.9. The highest BCUT2D eigenvalue weighted by atomic mass is 35.5. The van der Waals surface area contributed by atoms with Crippen LogP contribution in [0.4, 0.5) is 0 Å². The van der Waals surface area contributed by atoms with Gasteiger partial charge in [-0.2, -0.15) is 0 Å². The molecule has 0 saturated carbocycles. The van der Waals surface area contributed by atoms with Crippen LogP contribution in [-0.2, 0) is 13.2 Å². The number of aliphatic hydroxyl groups is 1. The Balaban J connectivity index is 1.90. The average Bonchev–Trinajstić information content (AvgIpc) is 2.64. The summed E-state index contributed by atoms with van der Waals surface area (Å²) in [6, 6.07) is 13.6. The van der Waals surface area contributed by atoms with Crippen molar-refractivity contribution in [1.82, 2.24) is 10.6 Å². The minimum Gasteiger partial charge on any atom is -0.490 e. The van der Waals surface area contributed by atoms with E-state index in [0.717, 1.165) is 42.3 Å². The highest BCUT2D eigenvalue weighted by molar-refractivity contribution is 6.30. The smallest absolute Gasteiger partial charge is 0.161 e. The van der Waals surface area contributed by atoms with Gasteiger partial charge in [0.25, 0.3) is 0 Å². The summed E-state index contributed by atoms with van der Waals surface area (Å²) in [4.78, 5) is 0. The van der Waals surface area contributed by atoms with Gasteiger partial charge in [-0.25, -0.2) is 0 Å². The van der Waals surface area contributed by atoms with Gasteiger partial charge in [0.05, 0.1) is 13.2 Å². The zero-order chi connectivity index (χ0) is 18.6. The number of rotatable bonds is 12. The molecule has 0 fully saturated rings. The molecule has 142 valence electrons. The minimum atomic E-state index is 0.161. The first kappa shape index (κ1) is 20.5. The van der Waals surface area contributed by atoms with E-state index in [4.69, 9.17) is 26.2 Å². The molecule has 2 aromatic rings. The van der Waals surface area contributed by atoms with Gasteiger partial charge in [0.1, 0.15) is 6.61 Å². The van der Waals surface area contributed by atoms with Crippen molar-refractivity contribution in [2.24, 2.45) is 0 Å². The third kappa shape index (κ3) is 7.22. The average molecular weight is 379 g/mol. The molecule has 0 atom stereocenters. The van der Waals surface area contributed by atoms with Gasteiger partial charge in [0.2, 0.25) is 0 Å². The second-order valence-electron chi connectivity index (χ2n) is 5.78. The number of halogens is 1. The summed E-state index contributed by atoms with van der Waals surface area (Å²) in [5.74, 6) is 1.47. The predicted octanol–water partition coefficient (Wildman–Crippen LogP) is 2.99. The molecule has 0 saturated heterocycles. The molecule has 6 heteroatoms. The molecule has 26 heavy (non-hydrogen) atoms. The van der Waals surface area contributed by atoms with Crippen LogP contribution in [0, 0.1) is 0 Å². The van der Waals surface area contributed by atoms with E-state index >= 15 is 0 Å². The number of hydrogen-bond donors (Lipinski definition) is 3. The summed E-state index contributed by atoms with van der Waals surface area (Å²) in [5.41, 5.74) is 2.15. The molecular formula is C20H27ClN2O3. The third-order valence-corrected chi connectivity index (χ3v) is 3.92. The largest absolute Gasteiger partial charge is 0.490 e. The van der Waals surface area contributed by atoms with Gasteiger partial charge in [-0.3, -0.25) is 0 Å². The fourth-order valence-electron chi connectivity index (χ4n) is 2.45. The molecule has 0 bridgehead atoms. The topological polar surface area (TPSA) is 62.8 Å². The van der Waals surface area contributed by atoms with Gasteiger partial charge in [0, 0.05) is 31.2 Å². The first-order valence-corrected chi connectivity index (χ1v) is 9.26. The summed E-state index contributed by atoms with van der Waals surface area (Å²) >= 11 is 6.01. The monoisotopic (exact) mass is 378 g/mol. The number of ether oxygens (including phenoxy) is 2. The third-order valence-electron chi connectivity index (χ3n) is 3.69. The lowest BCUT2D eigenvalue weighted by atomic mass is 10.2. The summed E-state index contributed by atoms with van der Waals surface area (Å²) in [7, 11) is 0. The number of hydrogen-bond acceptors (Lipinski definition) is 5. The fourth-order valence-corrected chi connectivity index (χ4v) is 2.66. The van der Waals surface area contributed by atoms with Gasteiger partial charge in [-0.1, -0.05) is 29.8 Å². The van der Waals surface area contributed by atoms with E-state index in [1.54, 1.807) is 0 Å². The summed E-state index contributed by atoms with van der Waals surface area (Å²) in [6.45, 7) is 6.15. The quantitative estimate of drug-likeness (QED) is 0.495. The van der Waals surface area contributed by atoms with E-state index in [1.807, 2.05) is 49.4 Å². The van der Waals surface area contributed by atoms with E-state index < -0.39 is 0 Å². The minimum absolute atomic E-state index is 0.161. The molecule has 0 aliphatic carbocycles.